The van der Waals surface area contributed by atoms with Crippen molar-refractivity contribution < 1.29 is 13.2 Å². The molecule has 0 aliphatic rings. The Balaban J connectivity index is 2.43. The highest BCUT2D eigenvalue weighted by molar-refractivity contribution is 9.10. The maximum absolute atomic E-state index is 12.2. The van der Waals surface area contributed by atoms with Crippen LogP contribution in [0.3, 0.4) is 0 Å². The number of hydrogen-bond acceptors (Lipinski definition) is 6. The molecule has 0 radical (unpaired) electrons. The van der Waals surface area contributed by atoms with Gasteiger partial charge in [-0.1, -0.05) is 27.3 Å². The number of aromatic nitrogens is 2. The van der Waals surface area contributed by atoms with Crippen LogP contribution in [-0.2, 0) is 10.0 Å². The van der Waals surface area contributed by atoms with Crippen molar-refractivity contribution in [1.82, 2.24) is 10.2 Å². The molecular formula is C9H8BrN3O3S2. The molecule has 18 heavy (non-hydrogen) atoms. The van der Waals surface area contributed by atoms with Gasteiger partial charge in [0.25, 0.3) is 10.0 Å². The molecule has 0 saturated carbocycles. The number of hydrogen-bond donors (Lipinski definition) is 1. The highest BCUT2D eigenvalue weighted by Crippen LogP contribution is 2.28. The number of halogens is 1. The van der Waals surface area contributed by atoms with Crippen molar-refractivity contribution >= 4 is 42.4 Å². The monoisotopic (exact) mass is 349 g/mol. The summed E-state index contributed by atoms with van der Waals surface area (Å²) < 4.78 is 32.3. The summed E-state index contributed by atoms with van der Waals surface area (Å²) in [7, 11) is -2.34. The maximum Gasteiger partial charge on any atom is 0.267 e. The molecule has 1 N–H and O–H groups in total. The minimum atomic E-state index is -3.75. The Morgan fingerprint density at radius 2 is 2.22 bits per heavy atom. The lowest BCUT2D eigenvalue weighted by molar-refractivity contribution is 0.403. The average Bonchev–Trinajstić information content (AvgIpc) is 2.81. The molecule has 9 heteroatoms. The SMILES string of the molecule is COc1ccc(Br)cc1S(=O)(=O)Nc1nncs1. The van der Waals surface area contributed by atoms with E-state index in [0.29, 0.717) is 4.47 Å². The Morgan fingerprint density at radius 3 is 2.83 bits per heavy atom. The fourth-order valence-electron chi connectivity index (χ4n) is 1.25. The fraction of sp³-hybridized carbons (Fsp3) is 0.111. The van der Waals surface area contributed by atoms with Crippen molar-refractivity contribution in [3.8, 4) is 5.75 Å². The number of nitrogens with one attached hydrogen (secondary N) is 1. The highest BCUT2D eigenvalue weighted by atomic mass is 79.9. The van der Waals surface area contributed by atoms with Gasteiger partial charge in [-0.3, -0.25) is 4.72 Å². The second kappa shape index (κ2) is 5.21. The van der Waals surface area contributed by atoms with Crippen LogP contribution in [0.25, 0.3) is 0 Å². The van der Waals surface area contributed by atoms with Crippen molar-refractivity contribution in [3.05, 3.63) is 28.2 Å². The molecule has 0 spiro atoms. The van der Waals surface area contributed by atoms with Gasteiger partial charge in [0.2, 0.25) is 5.13 Å². The molecule has 1 aromatic carbocycles. The largest absolute Gasteiger partial charge is 0.495 e. The topological polar surface area (TPSA) is 81.2 Å². The van der Waals surface area contributed by atoms with E-state index in [4.69, 9.17) is 4.74 Å². The van der Waals surface area contributed by atoms with Crippen LogP contribution in [0.1, 0.15) is 0 Å². The molecule has 0 aliphatic heterocycles. The van der Waals surface area contributed by atoms with Crippen molar-refractivity contribution in [2.45, 2.75) is 4.90 Å². The Hall–Kier alpha value is -1.19. The number of nitrogens with zero attached hydrogens (tertiary/aromatic N) is 2. The predicted octanol–water partition coefficient (Wildman–Crippen LogP) is 2.11. The third-order valence-electron chi connectivity index (χ3n) is 2.00. The van der Waals surface area contributed by atoms with Crippen LogP contribution in [0.4, 0.5) is 5.13 Å². The van der Waals surface area contributed by atoms with Gasteiger partial charge in [0.05, 0.1) is 7.11 Å². The van der Waals surface area contributed by atoms with E-state index in [1.807, 2.05) is 0 Å². The molecule has 2 aromatic rings. The summed E-state index contributed by atoms with van der Waals surface area (Å²) >= 11 is 4.32. The standard InChI is InChI=1S/C9H8BrN3O3S2/c1-16-7-3-2-6(10)4-8(7)18(14,15)13-9-12-11-5-17-9/h2-5H,1H3,(H,12,13). The van der Waals surface area contributed by atoms with Gasteiger partial charge >= 0.3 is 0 Å². The lowest BCUT2D eigenvalue weighted by atomic mass is 10.3. The lowest BCUT2D eigenvalue weighted by Crippen LogP contribution is -2.14. The van der Waals surface area contributed by atoms with E-state index in [1.165, 1.54) is 18.7 Å². The summed E-state index contributed by atoms with van der Waals surface area (Å²) in [4.78, 5) is 0.0366. The summed E-state index contributed by atoms with van der Waals surface area (Å²) in [5, 5.41) is 7.40. The Kier molecular flexibility index (Phi) is 3.83. The molecular weight excluding hydrogens is 342 g/mol. The van der Waals surface area contributed by atoms with Crippen LogP contribution in [-0.4, -0.2) is 25.7 Å². The van der Waals surface area contributed by atoms with Gasteiger partial charge in [0.1, 0.15) is 16.2 Å². The van der Waals surface area contributed by atoms with E-state index in [2.05, 4.69) is 30.8 Å². The Morgan fingerprint density at radius 1 is 1.44 bits per heavy atom. The quantitative estimate of drug-likeness (QED) is 0.913. The smallest absolute Gasteiger partial charge is 0.267 e. The average molecular weight is 350 g/mol. The molecule has 0 saturated heterocycles. The van der Waals surface area contributed by atoms with Gasteiger partial charge in [-0.15, -0.1) is 10.2 Å². The first-order chi connectivity index (χ1) is 8.53. The first-order valence-electron chi connectivity index (χ1n) is 4.65. The zero-order chi connectivity index (χ0) is 13.2. The van der Waals surface area contributed by atoms with Crippen molar-refractivity contribution in [2.75, 3.05) is 11.8 Å². The van der Waals surface area contributed by atoms with Gasteiger partial charge < -0.3 is 4.74 Å². The Labute approximate surface area is 116 Å². The highest BCUT2D eigenvalue weighted by Gasteiger charge is 2.21. The van der Waals surface area contributed by atoms with Gasteiger partial charge in [0.15, 0.2) is 0 Å². The van der Waals surface area contributed by atoms with Crippen molar-refractivity contribution in [3.63, 3.8) is 0 Å². The van der Waals surface area contributed by atoms with E-state index in [9.17, 15) is 8.42 Å². The van der Waals surface area contributed by atoms with Crippen molar-refractivity contribution in [1.29, 1.82) is 0 Å². The molecule has 0 amide bonds. The Bertz CT molecular complexity index is 643. The van der Waals surface area contributed by atoms with E-state index in [0.717, 1.165) is 11.3 Å². The normalized spacial score (nSPS) is 11.2. The number of rotatable bonds is 4. The summed E-state index contributed by atoms with van der Waals surface area (Å²) in [5.41, 5.74) is 1.44. The van der Waals surface area contributed by atoms with Crippen LogP contribution >= 0.6 is 27.3 Å². The van der Waals surface area contributed by atoms with Gasteiger partial charge in [0, 0.05) is 4.47 Å². The molecule has 2 rings (SSSR count). The number of anilines is 1. The van der Waals surface area contributed by atoms with Crippen LogP contribution in [0.2, 0.25) is 0 Å². The first kappa shape index (κ1) is 13.2. The van der Waals surface area contributed by atoms with E-state index in [-0.39, 0.29) is 15.8 Å². The molecule has 6 nitrogen and oxygen atoms in total. The number of benzene rings is 1. The minimum Gasteiger partial charge on any atom is -0.495 e. The molecule has 1 aromatic heterocycles. The van der Waals surface area contributed by atoms with Crippen molar-refractivity contribution in [2.24, 2.45) is 0 Å². The molecule has 0 unspecified atom stereocenters. The molecule has 0 aliphatic carbocycles. The lowest BCUT2D eigenvalue weighted by Gasteiger charge is -2.09. The minimum absolute atomic E-state index is 0.0366. The van der Waals surface area contributed by atoms with E-state index >= 15 is 0 Å². The van der Waals surface area contributed by atoms with Crippen LogP contribution < -0.4 is 9.46 Å². The molecule has 96 valence electrons. The van der Waals surface area contributed by atoms with Gasteiger partial charge in [-0.2, -0.15) is 0 Å². The molecule has 0 bridgehead atoms. The van der Waals surface area contributed by atoms with E-state index in [1.54, 1.807) is 12.1 Å². The zero-order valence-electron chi connectivity index (χ0n) is 9.12. The van der Waals surface area contributed by atoms with E-state index < -0.39 is 10.0 Å². The summed E-state index contributed by atoms with van der Waals surface area (Å²) in [5.74, 6) is 0.259. The van der Waals surface area contributed by atoms with Crippen LogP contribution in [0.5, 0.6) is 5.75 Å². The van der Waals surface area contributed by atoms with Gasteiger partial charge in [-0.25, -0.2) is 8.42 Å². The molecule has 0 atom stereocenters. The second-order valence-corrected chi connectivity index (χ2v) is 6.54. The summed E-state index contributed by atoms with van der Waals surface area (Å²) in [6.45, 7) is 0. The predicted molar refractivity (Wildman–Crippen MR) is 71.4 cm³/mol. The molecule has 1 heterocycles. The fourth-order valence-corrected chi connectivity index (χ4v) is 3.65. The zero-order valence-corrected chi connectivity index (χ0v) is 12.3. The number of ether oxygens (including phenoxy) is 1. The number of methoxy groups -OCH3 is 1. The second-order valence-electron chi connectivity index (χ2n) is 3.14. The maximum atomic E-state index is 12.2. The third kappa shape index (κ3) is 2.79. The first-order valence-corrected chi connectivity index (χ1v) is 7.81. The summed E-state index contributed by atoms with van der Waals surface area (Å²) in [6.07, 6.45) is 0. The summed E-state index contributed by atoms with van der Waals surface area (Å²) in [6, 6.07) is 4.73. The van der Waals surface area contributed by atoms with Crippen LogP contribution in [0, 0.1) is 0 Å². The molecule has 0 fully saturated rings. The number of sulfonamides is 1. The van der Waals surface area contributed by atoms with Gasteiger partial charge in [-0.05, 0) is 18.2 Å². The van der Waals surface area contributed by atoms with Crippen LogP contribution in [0.15, 0.2) is 33.1 Å². The third-order valence-corrected chi connectivity index (χ3v) is 4.59.